The Bertz CT molecular complexity index is 1870. The average Bonchev–Trinajstić information content (AvgIpc) is 3.13. The van der Waals surface area contributed by atoms with Crippen LogP contribution in [0.5, 0.6) is 11.5 Å². The quantitative estimate of drug-likeness (QED) is 0.242. The van der Waals surface area contributed by atoms with Gasteiger partial charge in [-0.3, -0.25) is 19.0 Å². The van der Waals surface area contributed by atoms with Gasteiger partial charge in [0.1, 0.15) is 29.4 Å². The van der Waals surface area contributed by atoms with Crippen LogP contribution in [-0.2, 0) is 16.1 Å². The molecule has 4 aromatic rings. The molecule has 2 amide bonds. The number of fused-ring (bicyclic) bond motifs is 1. The molecule has 0 radical (unpaired) electrons. The third-order valence-corrected chi connectivity index (χ3v) is 8.82. The van der Waals surface area contributed by atoms with Crippen LogP contribution in [0.4, 0.5) is 28.7 Å². The van der Waals surface area contributed by atoms with Crippen LogP contribution >= 0.6 is 0 Å². The highest BCUT2D eigenvalue weighted by atomic mass is 16.5. The Labute approximate surface area is 284 Å². The normalized spacial score (nSPS) is 15.2. The molecule has 0 atom stereocenters. The average molecular weight is 668 g/mol. The van der Waals surface area contributed by atoms with E-state index in [1.54, 1.807) is 40.1 Å². The number of ether oxygens (including phenoxy) is 2. The topological polar surface area (TPSA) is 137 Å². The predicted molar refractivity (Wildman–Crippen MR) is 189 cm³/mol. The van der Waals surface area contributed by atoms with Crippen molar-refractivity contribution in [3.8, 4) is 11.5 Å². The van der Waals surface area contributed by atoms with Crippen molar-refractivity contribution in [3.05, 3.63) is 77.6 Å². The van der Waals surface area contributed by atoms with Crippen molar-refractivity contribution in [2.75, 3.05) is 89.2 Å². The molecule has 2 N–H and O–H groups in total. The van der Waals surface area contributed by atoms with Crippen molar-refractivity contribution in [2.24, 2.45) is 0 Å². The smallest absolute Gasteiger partial charge is 0.295 e. The number of anilines is 5. The number of hydrogen-bond donors (Lipinski definition) is 2. The van der Waals surface area contributed by atoms with E-state index >= 15 is 0 Å². The first-order valence-electron chi connectivity index (χ1n) is 16.2. The van der Waals surface area contributed by atoms with Crippen molar-refractivity contribution in [1.82, 2.24) is 29.2 Å². The van der Waals surface area contributed by atoms with Crippen molar-refractivity contribution in [3.63, 3.8) is 0 Å². The molecule has 0 saturated carbocycles. The number of benzene rings is 2. The molecule has 2 aliphatic heterocycles. The van der Waals surface area contributed by atoms with E-state index in [1.165, 1.54) is 24.9 Å². The van der Waals surface area contributed by atoms with Crippen LogP contribution < -0.4 is 30.6 Å². The highest BCUT2D eigenvalue weighted by molar-refractivity contribution is 5.87. The molecule has 256 valence electrons. The summed E-state index contributed by atoms with van der Waals surface area (Å²) in [5.41, 5.74) is 2.66. The summed E-state index contributed by atoms with van der Waals surface area (Å²) in [7, 11) is 5.21. The number of aromatic nitrogens is 3. The zero-order chi connectivity index (χ0) is 34.5. The minimum atomic E-state index is -0.524. The van der Waals surface area contributed by atoms with E-state index in [4.69, 9.17) is 14.5 Å². The summed E-state index contributed by atoms with van der Waals surface area (Å²) in [5.74, 6) is 1.12. The number of pyridine rings is 1. The SMILES string of the molecule is C=CC(=O)N1CCN(C(=O)Cn2c(=O)c(Nc3cc(OC)cc(OC)c3)nc3ccc(Nc4ccc(N5CCN(C)CC5)cc4)nc32)CC1. The van der Waals surface area contributed by atoms with E-state index < -0.39 is 5.56 Å². The third kappa shape index (κ3) is 7.59. The maximum atomic E-state index is 14.0. The number of carbonyl (C=O) groups excluding carboxylic acids is 2. The Hall–Kier alpha value is -5.63. The molecule has 49 heavy (non-hydrogen) atoms. The minimum Gasteiger partial charge on any atom is -0.497 e. The highest BCUT2D eigenvalue weighted by Crippen LogP contribution is 2.28. The van der Waals surface area contributed by atoms with Gasteiger partial charge in [-0.2, -0.15) is 0 Å². The van der Waals surface area contributed by atoms with Gasteiger partial charge >= 0.3 is 0 Å². The lowest BCUT2D eigenvalue weighted by Crippen LogP contribution is -2.51. The van der Waals surface area contributed by atoms with Crippen molar-refractivity contribution >= 4 is 51.7 Å². The van der Waals surface area contributed by atoms with Gasteiger partial charge in [-0.15, -0.1) is 0 Å². The number of rotatable bonds is 10. The zero-order valence-corrected chi connectivity index (χ0v) is 28.0. The van der Waals surface area contributed by atoms with E-state index in [0.29, 0.717) is 54.7 Å². The van der Waals surface area contributed by atoms with Crippen LogP contribution in [0, 0.1) is 0 Å². The van der Waals surface area contributed by atoms with Crippen LogP contribution in [0.15, 0.2) is 72.0 Å². The summed E-state index contributed by atoms with van der Waals surface area (Å²) >= 11 is 0. The Morgan fingerprint density at radius 3 is 2.10 bits per heavy atom. The first-order chi connectivity index (χ1) is 23.7. The minimum absolute atomic E-state index is 0.0130. The number of amides is 2. The van der Waals surface area contributed by atoms with Gasteiger partial charge in [0, 0.05) is 87.6 Å². The first kappa shape index (κ1) is 33.3. The Morgan fingerprint density at radius 1 is 0.816 bits per heavy atom. The summed E-state index contributed by atoms with van der Waals surface area (Å²) in [5, 5.41) is 6.42. The number of methoxy groups -OCH3 is 2. The van der Waals surface area contributed by atoms with Gasteiger partial charge in [-0.1, -0.05) is 6.58 Å². The fourth-order valence-corrected chi connectivity index (χ4v) is 5.94. The molecule has 2 aromatic carbocycles. The third-order valence-electron chi connectivity index (χ3n) is 8.82. The van der Waals surface area contributed by atoms with Crippen molar-refractivity contribution < 1.29 is 19.1 Å². The number of nitrogens with zero attached hydrogens (tertiary/aromatic N) is 7. The molecule has 2 saturated heterocycles. The molecule has 0 spiro atoms. The summed E-state index contributed by atoms with van der Waals surface area (Å²) in [6.45, 7) is 8.73. The molecule has 6 rings (SSSR count). The van der Waals surface area contributed by atoms with Crippen LogP contribution in [0.3, 0.4) is 0 Å². The summed E-state index contributed by atoms with van der Waals surface area (Å²) in [6.07, 6.45) is 1.27. The van der Waals surface area contributed by atoms with E-state index in [9.17, 15) is 14.4 Å². The number of piperazine rings is 2. The Morgan fingerprint density at radius 2 is 1.47 bits per heavy atom. The van der Waals surface area contributed by atoms with Gasteiger partial charge in [-0.05, 0) is 49.5 Å². The summed E-state index contributed by atoms with van der Waals surface area (Å²) < 4.78 is 12.1. The maximum absolute atomic E-state index is 14.0. The summed E-state index contributed by atoms with van der Waals surface area (Å²) in [4.78, 5) is 57.1. The molecular weight excluding hydrogens is 626 g/mol. The van der Waals surface area contributed by atoms with Gasteiger partial charge in [0.05, 0.1) is 14.2 Å². The maximum Gasteiger partial charge on any atom is 0.295 e. The standard InChI is InChI=1S/C35H41N9O5/c1-5-31(45)42-16-18-43(19-17-42)32(46)23-44-34-29(38-33(35(44)47)37-25-20-27(48-3)22-28(21-25)49-4)10-11-30(39-34)36-24-6-8-26(9-7-24)41-14-12-40(2)13-15-41/h5-11,20-22H,1,12-19,23H2,2-4H3,(H,36,39)(H,37,38). The molecule has 0 bridgehead atoms. The van der Waals surface area contributed by atoms with Gasteiger partial charge < -0.3 is 39.7 Å². The zero-order valence-electron chi connectivity index (χ0n) is 28.0. The molecule has 2 aliphatic rings. The summed E-state index contributed by atoms with van der Waals surface area (Å²) in [6, 6.07) is 16.9. The molecule has 0 unspecified atom stereocenters. The van der Waals surface area contributed by atoms with Crippen LogP contribution in [0.1, 0.15) is 0 Å². The second kappa shape index (κ2) is 14.6. The Balaban J connectivity index is 1.30. The molecule has 2 aromatic heterocycles. The van der Waals surface area contributed by atoms with Gasteiger partial charge in [-0.25, -0.2) is 9.97 Å². The number of likely N-dealkylation sites (N-methyl/N-ethyl adjacent to an activating group) is 1. The van der Waals surface area contributed by atoms with Gasteiger partial charge in [0.25, 0.3) is 5.56 Å². The number of hydrogen-bond acceptors (Lipinski definition) is 11. The lowest BCUT2D eigenvalue weighted by molar-refractivity contribution is -0.137. The molecule has 14 heteroatoms. The molecular formula is C35H41N9O5. The molecule has 2 fully saturated rings. The predicted octanol–water partition coefficient (Wildman–Crippen LogP) is 2.90. The molecule has 0 aliphatic carbocycles. The van der Waals surface area contributed by atoms with Crippen LogP contribution in [-0.4, -0.2) is 115 Å². The lowest BCUT2D eigenvalue weighted by Gasteiger charge is -2.34. The number of carbonyl (C=O) groups is 2. The van der Waals surface area contributed by atoms with Crippen molar-refractivity contribution in [2.45, 2.75) is 6.54 Å². The van der Waals surface area contributed by atoms with Crippen LogP contribution in [0.25, 0.3) is 11.2 Å². The second-order valence-electron chi connectivity index (χ2n) is 12.0. The van der Waals surface area contributed by atoms with Crippen LogP contribution in [0.2, 0.25) is 0 Å². The van der Waals surface area contributed by atoms with E-state index in [2.05, 4.69) is 51.2 Å². The van der Waals surface area contributed by atoms with Gasteiger partial charge in [0.15, 0.2) is 11.5 Å². The first-order valence-corrected chi connectivity index (χ1v) is 16.2. The van der Waals surface area contributed by atoms with E-state index in [1.807, 2.05) is 12.1 Å². The molecule has 14 nitrogen and oxygen atoms in total. The van der Waals surface area contributed by atoms with E-state index in [0.717, 1.165) is 37.6 Å². The monoisotopic (exact) mass is 667 g/mol. The van der Waals surface area contributed by atoms with Gasteiger partial charge in [0.2, 0.25) is 11.8 Å². The molecule has 4 heterocycles. The Kier molecular flexibility index (Phi) is 9.95. The van der Waals surface area contributed by atoms with Crippen molar-refractivity contribution in [1.29, 1.82) is 0 Å². The highest BCUT2D eigenvalue weighted by Gasteiger charge is 2.25. The fraction of sp³-hybridized carbons (Fsp3) is 0.343. The largest absolute Gasteiger partial charge is 0.497 e. The lowest BCUT2D eigenvalue weighted by atomic mass is 10.2. The van der Waals surface area contributed by atoms with E-state index in [-0.39, 0.29) is 29.8 Å². The number of nitrogens with one attached hydrogen (secondary N) is 2. The fourth-order valence-electron chi connectivity index (χ4n) is 5.94. The second-order valence-corrected chi connectivity index (χ2v) is 12.0.